The van der Waals surface area contributed by atoms with E-state index in [1.54, 1.807) is 25.2 Å². The van der Waals surface area contributed by atoms with Gasteiger partial charge < -0.3 is 10.8 Å². The van der Waals surface area contributed by atoms with Crippen molar-refractivity contribution in [3.8, 4) is 0 Å². The number of primary amides is 1. The second kappa shape index (κ2) is 4.91. The number of carbonyl (C=O) groups excluding carboxylic acids is 1. The predicted molar refractivity (Wildman–Crippen MR) is 72.2 cm³/mol. The molecule has 102 valence electrons. The Bertz CT molecular complexity index is 507. The third-order valence-corrected chi connectivity index (χ3v) is 3.98. The van der Waals surface area contributed by atoms with Gasteiger partial charge in [-0.1, -0.05) is 25.0 Å². The van der Waals surface area contributed by atoms with E-state index in [2.05, 4.69) is 0 Å². The number of hydrogen-bond acceptors (Lipinski definition) is 2. The maximum Gasteiger partial charge on any atom is 0.318 e. The number of nitrogens with two attached hydrogens (primary N) is 1. The fourth-order valence-corrected chi connectivity index (χ4v) is 2.74. The Kier molecular flexibility index (Phi) is 3.46. The van der Waals surface area contributed by atoms with E-state index >= 15 is 0 Å². The van der Waals surface area contributed by atoms with Crippen LogP contribution < -0.4 is 10.6 Å². The van der Waals surface area contributed by atoms with Crippen molar-refractivity contribution >= 4 is 17.7 Å². The average Bonchev–Trinajstić information content (AvgIpc) is 2.88. The Morgan fingerprint density at radius 3 is 2.47 bits per heavy atom. The van der Waals surface area contributed by atoms with Gasteiger partial charge in [0.2, 0.25) is 0 Å². The fourth-order valence-electron chi connectivity index (χ4n) is 2.74. The van der Waals surface area contributed by atoms with Gasteiger partial charge in [0.1, 0.15) is 0 Å². The molecule has 5 heteroatoms. The summed E-state index contributed by atoms with van der Waals surface area (Å²) >= 11 is 0. The lowest BCUT2D eigenvalue weighted by atomic mass is 9.79. The first kappa shape index (κ1) is 13.4. The van der Waals surface area contributed by atoms with E-state index in [4.69, 9.17) is 5.73 Å². The third-order valence-electron chi connectivity index (χ3n) is 3.98. The highest BCUT2D eigenvalue weighted by Crippen LogP contribution is 2.42. The molecule has 0 bridgehead atoms. The first-order valence-electron chi connectivity index (χ1n) is 6.34. The lowest BCUT2D eigenvalue weighted by Gasteiger charge is -2.26. The topological polar surface area (TPSA) is 83.6 Å². The molecule has 2 rings (SSSR count). The molecule has 1 saturated carbocycles. The van der Waals surface area contributed by atoms with Crippen LogP contribution in [-0.4, -0.2) is 24.2 Å². The number of amides is 2. The molecule has 0 saturated heterocycles. The van der Waals surface area contributed by atoms with Gasteiger partial charge in [0.05, 0.1) is 5.41 Å². The Labute approximate surface area is 112 Å². The van der Waals surface area contributed by atoms with Crippen molar-refractivity contribution < 1.29 is 14.7 Å². The largest absolute Gasteiger partial charge is 0.481 e. The standard InChI is InChI=1S/C14H18N2O3/c1-16(13(15)19)11-6-4-5-10(9-11)14(12(17)18)7-2-3-8-14/h4-6,9H,2-3,7-8H2,1H3,(H2,15,19)(H,17,18). The average molecular weight is 262 g/mol. The summed E-state index contributed by atoms with van der Waals surface area (Å²) in [5.74, 6) is -0.788. The SMILES string of the molecule is CN(C(N)=O)c1cccc(C2(C(=O)O)CCCC2)c1. The van der Waals surface area contributed by atoms with Gasteiger partial charge in [0, 0.05) is 12.7 Å². The van der Waals surface area contributed by atoms with Crippen LogP contribution in [0.5, 0.6) is 0 Å². The highest BCUT2D eigenvalue weighted by atomic mass is 16.4. The zero-order valence-electron chi connectivity index (χ0n) is 10.9. The van der Waals surface area contributed by atoms with Gasteiger partial charge >= 0.3 is 12.0 Å². The highest BCUT2D eigenvalue weighted by Gasteiger charge is 2.43. The molecule has 0 unspecified atom stereocenters. The lowest BCUT2D eigenvalue weighted by Crippen LogP contribution is -2.34. The molecule has 3 N–H and O–H groups in total. The van der Waals surface area contributed by atoms with Crippen LogP contribution >= 0.6 is 0 Å². The van der Waals surface area contributed by atoms with Crippen molar-refractivity contribution in [3.05, 3.63) is 29.8 Å². The van der Waals surface area contributed by atoms with Crippen molar-refractivity contribution in [2.45, 2.75) is 31.1 Å². The number of urea groups is 1. The number of carboxylic acid groups (broad SMARTS) is 1. The van der Waals surface area contributed by atoms with E-state index in [0.29, 0.717) is 18.5 Å². The third kappa shape index (κ3) is 2.28. The van der Waals surface area contributed by atoms with E-state index in [0.717, 1.165) is 18.4 Å². The van der Waals surface area contributed by atoms with E-state index < -0.39 is 17.4 Å². The van der Waals surface area contributed by atoms with Crippen LogP contribution in [0.25, 0.3) is 0 Å². The quantitative estimate of drug-likeness (QED) is 0.874. The molecule has 1 aliphatic rings. The Hall–Kier alpha value is -2.04. The molecule has 0 aliphatic heterocycles. The maximum absolute atomic E-state index is 11.6. The smallest absolute Gasteiger partial charge is 0.318 e. The van der Waals surface area contributed by atoms with E-state index in [1.165, 1.54) is 4.90 Å². The zero-order chi connectivity index (χ0) is 14.0. The van der Waals surface area contributed by atoms with Crippen LogP contribution in [-0.2, 0) is 10.2 Å². The molecule has 1 aromatic rings. The fraction of sp³-hybridized carbons (Fsp3) is 0.429. The van der Waals surface area contributed by atoms with Gasteiger partial charge in [0.15, 0.2) is 0 Å². The second-order valence-corrected chi connectivity index (χ2v) is 5.04. The summed E-state index contributed by atoms with van der Waals surface area (Å²) in [5.41, 5.74) is 5.80. The summed E-state index contributed by atoms with van der Waals surface area (Å²) in [5, 5.41) is 9.55. The molecular weight excluding hydrogens is 244 g/mol. The van der Waals surface area contributed by atoms with Gasteiger partial charge in [-0.15, -0.1) is 0 Å². The van der Waals surface area contributed by atoms with Gasteiger partial charge in [-0.2, -0.15) is 0 Å². The highest BCUT2D eigenvalue weighted by molar-refractivity contribution is 5.90. The summed E-state index contributed by atoms with van der Waals surface area (Å²) < 4.78 is 0. The first-order chi connectivity index (χ1) is 8.97. The second-order valence-electron chi connectivity index (χ2n) is 5.04. The molecule has 1 fully saturated rings. The molecule has 0 spiro atoms. The molecule has 2 amide bonds. The van der Waals surface area contributed by atoms with Crippen molar-refractivity contribution in [1.82, 2.24) is 0 Å². The number of hydrogen-bond donors (Lipinski definition) is 2. The predicted octanol–water partition coefficient (Wildman–Crippen LogP) is 2.10. The normalized spacial score (nSPS) is 17.1. The van der Waals surface area contributed by atoms with Gasteiger partial charge in [-0.3, -0.25) is 9.69 Å². The number of benzene rings is 1. The minimum absolute atomic E-state index is 0.562. The van der Waals surface area contributed by atoms with E-state index in [9.17, 15) is 14.7 Å². The Morgan fingerprint density at radius 2 is 1.95 bits per heavy atom. The molecule has 0 aromatic heterocycles. The Morgan fingerprint density at radius 1 is 1.32 bits per heavy atom. The number of carboxylic acids is 1. The van der Waals surface area contributed by atoms with Gasteiger partial charge in [-0.05, 0) is 30.5 Å². The van der Waals surface area contributed by atoms with Crippen LogP contribution in [0.4, 0.5) is 10.5 Å². The number of rotatable bonds is 3. The number of anilines is 1. The lowest BCUT2D eigenvalue weighted by molar-refractivity contribution is -0.143. The van der Waals surface area contributed by atoms with Crippen molar-refractivity contribution in [2.24, 2.45) is 5.73 Å². The summed E-state index contributed by atoms with van der Waals surface area (Å²) in [7, 11) is 1.57. The van der Waals surface area contributed by atoms with E-state index in [-0.39, 0.29) is 0 Å². The van der Waals surface area contributed by atoms with Crippen LogP contribution in [0.15, 0.2) is 24.3 Å². The van der Waals surface area contributed by atoms with Crippen LogP contribution in [0.1, 0.15) is 31.2 Å². The summed E-state index contributed by atoms with van der Waals surface area (Å²) in [4.78, 5) is 24.1. The van der Waals surface area contributed by atoms with Crippen molar-refractivity contribution in [3.63, 3.8) is 0 Å². The van der Waals surface area contributed by atoms with Crippen LogP contribution in [0.3, 0.4) is 0 Å². The van der Waals surface area contributed by atoms with Crippen molar-refractivity contribution in [2.75, 3.05) is 11.9 Å². The number of nitrogens with zero attached hydrogens (tertiary/aromatic N) is 1. The van der Waals surface area contributed by atoms with Crippen LogP contribution in [0, 0.1) is 0 Å². The maximum atomic E-state index is 11.6. The number of carbonyl (C=O) groups is 2. The van der Waals surface area contributed by atoms with Gasteiger partial charge in [0.25, 0.3) is 0 Å². The molecular formula is C14H18N2O3. The summed E-state index contributed by atoms with van der Waals surface area (Å²) in [6.45, 7) is 0. The number of aliphatic carboxylic acids is 1. The molecule has 0 atom stereocenters. The molecule has 19 heavy (non-hydrogen) atoms. The summed E-state index contributed by atoms with van der Waals surface area (Å²) in [6.07, 6.45) is 3.13. The first-order valence-corrected chi connectivity index (χ1v) is 6.34. The van der Waals surface area contributed by atoms with E-state index in [1.807, 2.05) is 6.07 Å². The minimum atomic E-state index is -0.811. The monoisotopic (exact) mass is 262 g/mol. The molecule has 1 aliphatic carbocycles. The molecule has 0 radical (unpaired) electrons. The Balaban J connectivity index is 2.42. The zero-order valence-corrected chi connectivity index (χ0v) is 10.9. The molecule has 1 aromatic carbocycles. The summed E-state index contributed by atoms with van der Waals surface area (Å²) in [6, 6.07) is 6.53. The minimum Gasteiger partial charge on any atom is -0.481 e. The van der Waals surface area contributed by atoms with Crippen LogP contribution in [0.2, 0.25) is 0 Å². The molecule has 0 heterocycles. The van der Waals surface area contributed by atoms with Crippen molar-refractivity contribution in [1.29, 1.82) is 0 Å². The van der Waals surface area contributed by atoms with Gasteiger partial charge in [-0.25, -0.2) is 4.79 Å². The molecule has 5 nitrogen and oxygen atoms in total.